The minimum Gasteiger partial charge on any atom is -0.403 e. The number of hydrogen-bond acceptors (Lipinski definition) is 3. The third kappa shape index (κ3) is 1.13. The van der Waals surface area contributed by atoms with Gasteiger partial charge in [0.1, 0.15) is 5.70 Å². The fraction of sp³-hybridized carbons (Fsp3) is 0.400. The van der Waals surface area contributed by atoms with Crippen LogP contribution >= 0.6 is 0 Å². The minimum absolute atomic E-state index is 0.132. The van der Waals surface area contributed by atoms with Crippen molar-refractivity contribution in [2.45, 2.75) is 0 Å². The van der Waals surface area contributed by atoms with Crippen molar-refractivity contribution in [2.24, 2.45) is 11.5 Å². The van der Waals surface area contributed by atoms with E-state index in [0.717, 1.165) is 19.3 Å². The van der Waals surface area contributed by atoms with Gasteiger partial charge < -0.3 is 16.4 Å². The molecule has 0 radical (unpaired) electrons. The van der Waals surface area contributed by atoms with Gasteiger partial charge in [0.15, 0.2) is 0 Å². The monoisotopic (exact) mass is 127 g/mol. The first-order valence-electron chi connectivity index (χ1n) is 2.72. The zero-order valence-electron chi connectivity index (χ0n) is 5.00. The summed E-state index contributed by atoms with van der Waals surface area (Å²) in [6.45, 7) is 1.63. The van der Waals surface area contributed by atoms with Crippen LogP contribution in [0.4, 0.5) is 0 Å². The molecule has 1 saturated heterocycles. The number of rotatable bonds is 1. The van der Waals surface area contributed by atoms with Crippen molar-refractivity contribution >= 4 is 5.91 Å². The summed E-state index contributed by atoms with van der Waals surface area (Å²) in [5.74, 6) is -0.155. The number of carbonyl (C=O) groups excluding carboxylic acids is 1. The second-order valence-electron chi connectivity index (χ2n) is 1.91. The van der Waals surface area contributed by atoms with Crippen LogP contribution in [0.5, 0.6) is 0 Å². The lowest BCUT2D eigenvalue weighted by Crippen LogP contribution is -2.20. The van der Waals surface area contributed by atoms with Crippen molar-refractivity contribution in [3.63, 3.8) is 0 Å². The number of nitrogens with zero attached hydrogens (tertiary/aromatic N) is 1. The second-order valence-corrected chi connectivity index (χ2v) is 1.91. The molecule has 0 bridgehead atoms. The third-order valence-electron chi connectivity index (χ3n) is 1.16. The van der Waals surface area contributed by atoms with Gasteiger partial charge in [-0.25, -0.2) is 0 Å². The largest absolute Gasteiger partial charge is 0.403 e. The summed E-state index contributed by atoms with van der Waals surface area (Å²) in [6.07, 6.45) is 1.13. The van der Waals surface area contributed by atoms with Crippen molar-refractivity contribution in [3.8, 4) is 0 Å². The summed E-state index contributed by atoms with van der Waals surface area (Å²) in [6, 6.07) is 0. The molecule has 1 rings (SSSR count). The quantitative estimate of drug-likeness (QED) is 0.335. The van der Waals surface area contributed by atoms with Crippen LogP contribution in [0.15, 0.2) is 11.9 Å². The molecule has 0 saturated carbocycles. The van der Waals surface area contributed by atoms with Gasteiger partial charge in [0.25, 0.3) is 5.91 Å². The Labute approximate surface area is 53.1 Å². The molecule has 1 aliphatic heterocycles. The van der Waals surface area contributed by atoms with Gasteiger partial charge >= 0.3 is 0 Å². The van der Waals surface area contributed by atoms with Crippen LogP contribution in [0.1, 0.15) is 0 Å². The van der Waals surface area contributed by atoms with Crippen molar-refractivity contribution in [2.75, 3.05) is 13.1 Å². The molecule has 0 atom stereocenters. The molecule has 9 heavy (non-hydrogen) atoms. The third-order valence-corrected chi connectivity index (χ3v) is 1.16. The first-order chi connectivity index (χ1) is 4.25. The zero-order chi connectivity index (χ0) is 6.85. The maximum Gasteiger partial charge on any atom is 0.271 e. The maximum absolute atomic E-state index is 10.8. The Morgan fingerprint density at radius 1 is 1.56 bits per heavy atom. The Kier molecular flexibility index (Phi) is 1.30. The summed E-state index contributed by atoms with van der Waals surface area (Å²) in [5, 5.41) is 0. The highest BCUT2D eigenvalue weighted by atomic mass is 16.2. The summed E-state index contributed by atoms with van der Waals surface area (Å²) in [4.78, 5) is 12.4. The van der Waals surface area contributed by atoms with E-state index in [9.17, 15) is 4.79 Å². The standard InChI is InChI=1S/C5H9N3O/c6-3-4(7)5(9)8-1-2-8/h3H,1-2,6-7H2. The molecule has 1 fully saturated rings. The van der Waals surface area contributed by atoms with Gasteiger partial charge in [-0.1, -0.05) is 0 Å². The van der Waals surface area contributed by atoms with Gasteiger partial charge in [0, 0.05) is 19.3 Å². The van der Waals surface area contributed by atoms with Crippen LogP contribution in [0, 0.1) is 0 Å². The van der Waals surface area contributed by atoms with Gasteiger partial charge in [-0.2, -0.15) is 0 Å². The molecule has 4 N–H and O–H groups in total. The van der Waals surface area contributed by atoms with E-state index < -0.39 is 0 Å². The summed E-state index contributed by atoms with van der Waals surface area (Å²) in [5.41, 5.74) is 10.3. The Bertz CT molecular complexity index is 160. The average Bonchev–Trinajstić information content (AvgIpc) is 2.66. The molecule has 4 nitrogen and oxygen atoms in total. The molecule has 0 aromatic rings. The molecular weight excluding hydrogens is 118 g/mol. The lowest BCUT2D eigenvalue weighted by Gasteiger charge is -1.97. The minimum atomic E-state index is -0.155. The van der Waals surface area contributed by atoms with Gasteiger partial charge in [-0.3, -0.25) is 4.79 Å². The predicted molar refractivity (Wildman–Crippen MR) is 33.0 cm³/mol. The highest BCUT2D eigenvalue weighted by molar-refractivity contribution is 5.93. The lowest BCUT2D eigenvalue weighted by atomic mass is 10.4. The molecule has 4 heteroatoms. The van der Waals surface area contributed by atoms with Crippen molar-refractivity contribution in [1.29, 1.82) is 0 Å². The molecular formula is C5H9N3O. The van der Waals surface area contributed by atoms with E-state index in [-0.39, 0.29) is 11.6 Å². The van der Waals surface area contributed by atoms with Gasteiger partial charge in [0.05, 0.1) is 0 Å². The lowest BCUT2D eigenvalue weighted by molar-refractivity contribution is -0.121. The Hall–Kier alpha value is -1.19. The first kappa shape index (κ1) is 5.94. The van der Waals surface area contributed by atoms with Crippen LogP contribution in [-0.4, -0.2) is 23.9 Å². The number of hydrogen-bond donors (Lipinski definition) is 2. The Balaban J connectivity index is 2.50. The summed E-state index contributed by atoms with van der Waals surface area (Å²) >= 11 is 0. The number of amides is 1. The zero-order valence-corrected chi connectivity index (χ0v) is 5.00. The van der Waals surface area contributed by atoms with Crippen molar-refractivity contribution < 1.29 is 4.79 Å². The van der Waals surface area contributed by atoms with E-state index in [1.54, 1.807) is 4.90 Å². The van der Waals surface area contributed by atoms with Crippen molar-refractivity contribution in [1.82, 2.24) is 4.90 Å². The smallest absolute Gasteiger partial charge is 0.271 e. The van der Waals surface area contributed by atoms with E-state index in [0.29, 0.717) is 0 Å². The average molecular weight is 127 g/mol. The van der Waals surface area contributed by atoms with Crippen LogP contribution in [-0.2, 0) is 4.79 Å². The van der Waals surface area contributed by atoms with E-state index in [4.69, 9.17) is 11.5 Å². The number of carbonyl (C=O) groups is 1. The molecule has 0 aliphatic carbocycles. The van der Waals surface area contributed by atoms with E-state index in [2.05, 4.69) is 0 Å². The SMILES string of the molecule is NC=C(N)C(=O)N1CC1. The van der Waals surface area contributed by atoms with Gasteiger partial charge in [-0.15, -0.1) is 0 Å². The second kappa shape index (κ2) is 1.97. The molecule has 0 aromatic heterocycles. The topological polar surface area (TPSA) is 72.1 Å². The summed E-state index contributed by atoms with van der Waals surface area (Å²) in [7, 11) is 0. The van der Waals surface area contributed by atoms with Gasteiger partial charge in [0.2, 0.25) is 0 Å². The van der Waals surface area contributed by atoms with Crippen LogP contribution in [0.25, 0.3) is 0 Å². The maximum atomic E-state index is 10.8. The van der Waals surface area contributed by atoms with Crippen molar-refractivity contribution in [3.05, 3.63) is 11.9 Å². The first-order valence-corrected chi connectivity index (χ1v) is 2.72. The molecule has 0 aromatic carbocycles. The highest BCUT2D eigenvalue weighted by Gasteiger charge is 2.25. The highest BCUT2D eigenvalue weighted by Crippen LogP contribution is 2.05. The summed E-state index contributed by atoms with van der Waals surface area (Å²) < 4.78 is 0. The van der Waals surface area contributed by atoms with Crippen LogP contribution in [0.3, 0.4) is 0 Å². The Morgan fingerprint density at radius 2 is 2.11 bits per heavy atom. The van der Waals surface area contributed by atoms with Crippen LogP contribution < -0.4 is 11.5 Å². The molecule has 0 spiro atoms. The van der Waals surface area contributed by atoms with Crippen LogP contribution in [0.2, 0.25) is 0 Å². The Morgan fingerprint density at radius 3 is 2.44 bits per heavy atom. The molecule has 1 amide bonds. The number of nitrogens with two attached hydrogens (primary N) is 2. The molecule has 1 aliphatic rings. The molecule has 50 valence electrons. The fourth-order valence-electron chi connectivity index (χ4n) is 0.507. The normalized spacial score (nSPS) is 17.8. The van der Waals surface area contributed by atoms with E-state index >= 15 is 0 Å². The molecule has 0 unspecified atom stereocenters. The van der Waals surface area contributed by atoms with E-state index in [1.165, 1.54) is 0 Å². The molecule has 1 heterocycles. The predicted octanol–water partition coefficient (Wildman–Crippen LogP) is -1.41. The van der Waals surface area contributed by atoms with Gasteiger partial charge in [-0.05, 0) is 0 Å². The van der Waals surface area contributed by atoms with E-state index in [1.807, 2.05) is 0 Å². The fourth-order valence-corrected chi connectivity index (χ4v) is 0.507.